The average molecular weight is 151 g/mol. The number of allylic oxidation sites excluding steroid dienone is 4. The van der Waals surface area contributed by atoms with Crippen LogP contribution in [0.5, 0.6) is 0 Å². The zero-order chi connectivity index (χ0) is 8.53. The van der Waals surface area contributed by atoms with E-state index < -0.39 is 0 Å². The molecule has 0 aliphatic rings. The molecule has 0 fully saturated rings. The van der Waals surface area contributed by atoms with Gasteiger partial charge in [0.25, 0.3) is 0 Å². The standard InChI is InChI=1S/C10H17N/c1-3-4-5-6-7-8-10(2)9-11/h3-4,8-9,11H,5-7H2,1-2H3/b4-3+,10-8-,11-9?. The maximum atomic E-state index is 6.92. The lowest BCUT2D eigenvalue weighted by Gasteiger charge is -1.91. The molecule has 0 aromatic rings. The first-order valence-corrected chi connectivity index (χ1v) is 4.09. The van der Waals surface area contributed by atoms with E-state index in [9.17, 15) is 0 Å². The van der Waals surface area contributed by atoms with Crippen molar-refractivity contribution >= 4 is 6.21 Å². The van der Waals surface area contributed by atoms with E-state index in [1.807, 2.05) is 13.8 Å². The van der Waals surface area contributed by atoms with E-state index in [0.29, 0.717) is 0 Å². The van der Waals surface area contributed by atoms with E-state index in [4.69, 9.17) is 5.41 Å². The fourth-order valence-corrected chi connectivity index (χ4v) is 0.791. The summed E-state index contributed by atoms with van der Waals surface area (Å²) in [6, 6.07) is 0. The van der Waals surface area contributed by atoms with Gasteiger partial charge in [0.05, 0.1) is 0 Å². The van der Waals surface area contributed by atoms with Crippen molar-refractivity contribution in [3.8, 4) is 0 Å². The Kier molecular flexibility index (Phi) is 6.70. The fraction of sp³-hybridized carbons (Fsp3) is 0.500. The van der Waals surface area contributed by atoms with Crippen molar-refractivity contribution in [1.82, 2.24) is 0 Å². The van der Waals surface area contributed by atoms with Gasteiger partial charge in [0, 0.05) is 6.21 Å². The van der Waals surface area contributed by atoms with Crippen molar-refractivity contribution in [3.05, 3.63) is 23.8 Å². The zero-order valence-electron chi connectivity index (χ0n) is 7.43. The first-order valence-electron chi connectivity index (χ1n) is 4.09. The van der Waals surface area contributed by atoms with Gasteiger partial charge >= 0.3 is 0 Å². The Morgan fingerprint density at radius 2 is 2.09 bits per heavy atom. The molecule has 0 rings (SSSR count). The summed E-state index contributed by atoms with van der Waals surface area (Å²) in [5.41, 5.74) is 1.06. The van der Waals surface area contributed by atoms with Gasteiger partial charge in [-0.15, -0.1) is 0 Å². The second-order valence-corrected chi connectivity index (χ2v) is 2.59. The monoisotopic (exact) mass is 151 g/mol. The third-order valence-electron chi connectivity index (χ3n) is 1.50. The molecule has 11 heavy (non-hydrogen) atoms. The normalized spacial score (nSPS) is 12.4. The van der Waals surface area contributed by atoms with Crippen LogP contribution in [0.2, 0.25) is 0 Å². The number of hydrogen-bond donors (Lipinski definition) is 1. The first-order chi connectivity index (χ1) is 5.31. The molecule has 0 heterocycles. The molecule has 0 atom stereocenters. The molecule has 0 saturated heterocycles. The molecular formula is C10H17N. The SMILES string of the molecule is C/C=C/CCC/C=C(/C)C=N. The lowest BCUT2D eigenvalue weighted by atomic mass is 10.2. The minimum Gasteiger partial charge on any atom is -0.308 e. The fourth-order valence-electron chi connectivity index (χ4n) is 0.791. The maximum absolute atomic E-state index is 6.92. The molecule has 1 N–H and O–H groups in total. The number of nitrogens with one attached hydrogen (secondary N) is 1. The highest BCUT2D eigenvalue weighted by molar-refractivity contribution is 5.74. The predicted molar refractivity (Wildman–Crippen MR) is 51.2 cm³/mol. The smallest absolute Gasteiger partial charge is 0.0203 e. The molecule has 1 nitrogen and oxygen atoms in total. The van der Waals surface area contributed by atoms with Crippen molar-refractivity contribution in [2.45, 2.75) is 33.1 Å². The summed E-state index contributed by atoms with van der Waals surface area (Å²) in [5, 5.41) is 6.92. The molecule has 1 heteroatoms. The van der Waals surface area contributed by atoms with Gasteiger partial charge in [-0.3, -0.25) is 0 Å². The van der Waals surface area contributed by atoms with Crippen LogP contribution in [0.4, 0.5) is 0 Å². The van der Waals surface area contributed by atoms with Gasteiger partial charge in [0.2, 0.25) is 0 Å². The molecule has 0 spiro atoms. The summed E-state index contributed by atoms with van der Waals surface area (Å²) in [5.74, 6) is 0. The van der Waals surface area contributed by atoms with Crippen LogP contribution < -0.4 is 0 Å². The van der Waals surface area contributed by atoms with Crippen molar-refractivity contribution in [1.29, 1.82) is 5.41 Å². The molecular weight excluding hydrogens is 134 g/mol. The van der Waals surface area contributed by atoms with Gasteiger partial charge in [-0.25, -0.2) is 0 Å². The predicted octanol–water partition coefficient (Wildman–Crippen LogP) is 3.33. The van der Waals surface area contributed by atoms with Crippen LogP contribution in [0.15, 0.2) is 23.8 Å². The average Bonchev–Trinajstić information content (AvgIpc) is 2.04. The summed E-state index contributed by atoms with van der Waals surface area (Å²) in [4.78, 5) is 0. The summed E-state index contributed by atoms with van der Waals surface area (Å²) >= 11 is 0. The third-order valence-corrected chi connectivity index (χ3v) is 1.50. The highest BCUT2D eigenvalue weighted by Gasteiger charge is 1.82. The molecule has 0 aliphatic carbocycles. The Labute approximate surface area is 69.3 Å². The van der Waals surface area contributed by atoms with E-state index in [1.165, 1.54) is 12.6 Å². The first kappa shape index (κ1) is 10.2. The Bertz CT molecular complexity index is 154. The van der Waals surface area contributed by atoms with E-state index in [-0.39, 0.29) is 0 Å². The molecule has 0 radical (unpaired) electrons. The van der Waals surface area contributed by atoms with Crippen molar-refractivity contribution in [3.63, 3.8) is 0 Å². The Hall–Kier alpha value is -0.850. The summed E-state index contributed by atoms with van der Waals surface area (Å²) in [6.45, 7) is 4.00. The van der Waals surface area contributed by atoms with Crippen molar-refractivity contribution in [2.75, 3.05) is 0 Å². The van der Waals surface area contributed by atoms with E-state index >= 15 is 0 Å². The Morgan fingerprint density at radius 3 is 2.64 bits per heavy atom. The molecule has 0 bridgehead atoms. The quantitative estimate of drug-likeness (QED) is 0.354. The lowest BCUT2D eigenvalue weighted by Crippen LogP contribution is -1.75. The molecule has 0 aliphatic heterocycles. The van der Waals surface area contributed by atoms with Gasteiger partial charge < -0.3 is 5.41 Å². The number of hydrogen-bond acceptors (Lipinski definition) is 1. The molecule has 0 unspecified atom stereocenters. The molecule has 0 aromatic carbocycles. The largest absolute Gasteiger partial charge is 0.308 e. The van der Waals surface area contributed by atoms with Crippen LogP contribution in [0, 0.1) is 5.41 Å². The van der Waals surface area contributed by atoms with Gasteiger partial charge in [-0.1, -0.05) is 18.2 Å². The molecule has 0 aromatic heterocycles. The van der Waals surface area contributed by atoms with Gasteiger partial charge in [-0.05, 0) is 38.7 Å². The highest BCUT2D eigenvalue weighted by atomic mass is 14.3. The number of rotatable bonds is 5. The van der Waals surface area contributed by atoms with Crippen LogP contribution in [-0.2, 0) is 0 Å². The van der Waals surface area contributed by atoms with Crippen LogP contribution in [-0.4, -0.2) is 6.21 Å². The maximum Gasteiger partial charge on any atom is 0.0203 e. The summed E-state index contributed by atoms with van der Waals surface area (Å²) in [6.07, 6.45) is 11.2. The Morgan fingerprint density at radius 1 is 1.36 bits per heavy atom. The molecule has 0 amide bonds. The minimum absolute atomic E-state index is 1.06. The van der Waals surface area contributed by atoms with Gasteiger partial charge in [-0.2, -0.15) is 0 Å². The highest BCUT2D eigenvalue weighted by Crippen LogP contribution is 2.00. The van der Waals surface area contributed by atoms with Gasteiger partial charge in [0.1, 0.15) is 0 Å². The van der Waals surface area contributed by atoms with Crippen LogP contribution in [0.25, 0.3) is 0 Å². The van der Waals surface area contributed by atoms with Gasteiger partial charge in [0.15, 0.2) is 0 Å². The van der Waals surface area contributed by atoms with E-state index in [2.05, 4.69) is 18.2 Å². The minimum atomic E-state index is 1.06. The zero-order valence-corrected chi connectivity index (χ0v) is 7.43. The summed E-state index contributed by atoms with van der Waals surface area (Å²) in [7, 11) is 0. The van der Waals surface area contributed by atoms with Crippen LogP contribution in [0.1, 0.15) is 33.1 Å². The molecule has 62 valence electrons. The molecule has 0 saturated carbocycles. The summed E-state index contributed by atoms with van der Waals surface area (Å²) < 4.78 is 0. The topological polar surface area (TPSA) is 23.9 Å². The second-order valence-electron chi connectivity index (χ2n) is 2.59. The lowest BCUT2D eigenvalue weighted by molar-refractivity contribution is 0.864. The van der Waals surface area contributed by atoms with E-state index in [0.717, 1.165) is 18.4 Å². The van der Waals surface area contributed by atoms with Crippen molar-refractivity contribution < 1.29 is 0 Å². The van der Waals surface area contributed by atoms with E-state index in [1.54, 1.807) is 0 Å². The second kappa shape index (κ2) is 7.26. The van der Waals surface area contributed by atoms with Crippen LogP contribution >= 0.6 is 0 Å². The Balaban J connectivity index is 3.33. The number of unbranched alkanes of at least 4 members (excludes halogenated alkanes) is 2. The van der Waals surface area contributed by atoms with Crippen LogP contribution in [0.3, 0.4) is 0 Å². The third kappa shape index (κ3) is 7.04. The van der Waals surface area contributed by atoms with Crippen molar-refractivity contribution in [2.24, 2.45) is 0 Å².